The maximum atomic E-state index is 13.1. The first kappa shape index (κ1) is 21.8. The van der Waals surface area contributed by atoms with Gasteiger partial charge >= 0.3 is 18.2 Å². The van der Waals surface area contributed by atoms with Gasteiger partial charge < -0.3 is 4.74 Å². The summed E-state index contributed by atoms with van der Waals surface area (Å²) in [5.41, 5.74) is -0.0790. The number of imide groups is 1. The smallest absolute Gasteiger partial charge is 0.425 e. The average molecular weight is 466 g/mol. The Labute approximate surface area is 185 Å². The number of hydrogen-bond acceptors (Lipinski definition) is 4. The van der Waals surface area contributed by atoms with Crippen molar-refractivity contribution in [3.05, 3.63) is 70.4 Å². The number of imidazole rings is 1. The van der Waals surface area contributed by atoms with E-state index in [1.165, 1.54) is 30.8 Å². The number of amides is 3. The van der Waals surface area contributed by atoms with Gasteiger partial charge in [0.2, 0.25) is 0 Å². The molecule has 0 bridgehead atoms. The van der Waals surface area contributed by atoms with Crippen LogP contribution in [0.15, 0.2) is 48.5 Å². The van der Waals surface area contributed by atoms with Gasteiger partial charge in [-0.15, -0.1) is 4.98 Å². The summed E-state index contributed by atoms with van der Waals surface area (Å²) in [7, 11) is 3.07. The first-order valence-corrected chi connectivity index (χ1v) is 9.75. The molecule has 0 saturated carbocycles. The third kappa shape index (κ3) is 3.94. The number of nitrogens with one attached hydrogen (secondary N) is 1. The number of ether oxygens (including phenoxy) is 1. The van der Waals surface area contributed by atoms with Crippen molar-refractivity contribution in [2.24, 2.45) is 0 Å². The predicted octanol–water partition coefficient (Wildman–Crippen LogP) is 4.83. The summed E-state index contributed by atoms with van der Waals surface area (Å²) in [6, 6.07) is 10.4. The van der Waals surface area contributed by atoms with E-state index in [4.69, 9.17) is 16.3 Å². The van der Waals surface area contributed by atoms with Crippen LogP contribution in [0.3, 0.4) is 0 Å². The molecule has 1 aliphatic rings. The van der Waals surface area contributed by atoms with Crippen LogP contribution in [-0.4, -0.2) is 35.6 Å². The number of hydrogen-bond donors (Lipinski definition) is 1. The predicted molar refractivity (Wildman–Crippen MR) is 111 cm³/mol. The second-order valence-corrected chi connectivity index (χ2v) is 8.06. The molecule has 3 aromatic rings. The molecular weight excluding hydrogens is 449 g/mol. The van der Waals surface area contributed by atoms with Crippen LogP contribution in [0.4, 0.5) is 23.8 Å². The minimum atomic E-state index is -4.55. The van der Waals surface area contributed by atoms with Gasteiger partial charge in [0.1, 0.15) is 5.75 Å². The quantitative estimate of drug-likeness (QED) is 0.560. The Balaban J connectivity index is 1.83. The van der Waals surface area contributed by atoms with Crippen LogP contribution in [0, 0.1) is 0 Å². The van der Waals surface area contributed by atoms with Crippen LogP contribution < -0.4 is 14.5 Å². The standard InChI is InChI=1S/C21H16ClF3N4O3/c1-29(2)17-16(18(30)27-20(29)31)28(11-12-6-8-14(22)9-7-12)19(26-17)32-15-5-3-4-13(10-15)21(23,24)25/h3-10H,11H2,1-2H3/p+1. The second kappa shape index (κ2) is 7.64. The summed E-state index contributed by atoms with van der Waals surface area (Å²) >= 11 is 5.94. The van der Waals surface area contributed by atoms with E-state index in [9.17, 15) is 22.8 Å². The highest BCUT2D eigenvalue weighted by Crippen LogP contribution is 2.36. The highest BCUT2D eigenvalue weighted by atomic mass is 35.5. The number of benzene rings is 2. The summed E-state index contributed by atoms with van der Waals surface area (Å²) in [5.74, 6) is -0.672. The molecule has 0 aliphatic carbocycles. The average Bonchev–Trinajstić information content (AvgIpc) is 3.07. The van der Waals surface area contributed by atoms with Gasteiger partial charge in [-0.1, -0.05) is 29.8 Å². The molecule has 11 heteroatoms. The van der Waals surface area contributed by atoms with Crippen molar-refractivity contribution in [3.8, 4) is 11.8 Å². The van der Waals surface area contributed by atoms with Gasteiger partial charge in [-0.2, -0.15) is 17.7 Å². The van der Waals surface area contributed by atoms with Gasteiger partial charge in [0, 0.05) is 5.02 Å². The lowest BCUT2D eigenvalue weighted by molar-refractivity contribution is -0.137. The first-order valence-electron chi connectivity index (χ1n) is 9.37. The molecule has 1 aromatic heterocycles. The molecule has 0 fully saturated rings. The molecule has 0 atom stereocenters. The lowest BCUT2D eigenvalue weighted by Crippen LogP contribution is -2.58. The van der Waals surface area contributed by atoms with Crippen LogP contribution in [0.1, 0.15) is 21.6 Å². The molecule has 4 rings (SSSR count). The molecule has 0 spiro atoms. The molecule has 0 unspecified atom stereocenters. The number of fused-ring (bicyclic) bond motifs is 1. The monoisotopic (exact) mass is 465 g/mol. The van der Waals surface area contributed by atoms with Crippen LogP contribution in [0.25, 0.3) is 0 Å². The number of nitrogens with zero attached hydrogens (tertiary/aromatic N) is 3. The molecule has 7 nitrogen and oxygen atoms in total. The van der Waals surface area contributed by atoms with Crippen LogP contribution >= 0.6 is 11.6 Å². The van der Waals surface area contributed by atoms with E-state index in [1.54, 1.807) is 24.3 Å². The minimum absolute atomic E-state index is 0.0755. The van der Waals surface area contributed by atoms with E-state index < -0.39 is 28.2 Å². The lowest BCUT2D eigenvalue weighted by atomic mass is 10.2. The summed E-state index contributed by atoms with van der Waals surface area (Å²) in [6.07, 6.45) is -4.55. The maximum Gasteiger partial charge on any atom is 0.429 e. The molecule has 0 saturated heterocycles. The number of urea groups is 1. The van der Waals surface area contributed by atoms with Crippen LogP contribution in [0.5, 0.6) is 11.8 Å². The van der Waals surface area contributed by atoms with E-state index >= 15 is 0 Å². The normalized spacial score (nSPS) is 15.3. The van der Waals surface area contributed by atoms with E-state index in [2.05, 4.69) is 10.3 Å². The number of halogens is 4. The van der Waals surface area contributed by atoms with Gasteiger partial charge in [-0.3, -0.25) is 9.36 Å². The Morgan fingerprint density at radius 2 is 1.81 bits per heavy atom. The number of quaternary nitrogens is 1. The van der Waals surface area contributed by atoms with Gasteiger partial charge in [-0.05, 0) is 35.9 Å². The fourth-order valence-electron chi connectivity index (χ4n) is 3.26. The maximum absolute atomic E-state index is 13.1. The topological polar surface area (TPSA) is 73.2 Å². The minimum Gasteiger partial charge on any atom is -0.425 e. The van der Waals surface area contributed by atoms with Crippen LogP contribution in [0.2, 0.25) is 5.02 Å². The van der Waals surface area contributed by atoms with Crippen molar-refractivity contribution in [3.63, 3.8) is 0 Å². The Morgan fingerprint density at radius 3 is 2.47 bits per heavy atom. The molecule has 1 aliphatic heterocycles. The van der Waals surface area contributed by atoms with Crippen molar-refractivity contribution < 1.29 is 27.5 Å². The number of rotatable bonds is 4. The second-order valence-electron chi connectivity index (χ2n) is 7.62. The molecule has 1 N–H and O–H groups in total. The summed E-state index contributed by atoms with van der Waals surface area (Å²) in [5, 5.41) is 2.79. The van der Waals surface area contributed by atoms with Crippen LogP contribution in [-0.2, 0) is 12.7 Å². The SMILES string of the molecule is C[N+]1(C)C(=O)NC(=O)c2c1nc(Oc1cccc(C(F)(F)F)c1)n2Cc1ccc(Cl)cc1. The summed E-state index contributed by atoms with van der Waals surface area (Å²) < 4.78 is 46.0. The Hall–Kier alpha value is -3.37. The van der Waals surface area contributed by atoms with Gasteiger partial charge in [0.05, 0.1) is 26.2 Å². The van der Waals surface area contributed by atoms with E-state index in [0.717, 1.165) is 17.7 Å². The Bertz CT molecular complexity index is 1220. The molecule has 2 heterocycles. The van der Waals surface area contributed by atoms with Crippen molar-refractivity contribution in [2.75, 3.05) is 14.1 Å². The highest BCUT2D eigenvalue weighted by molar-refractivity contribution is 6.30. The summed E-state index contributed by atoms with van der Waals surface area (Å²) in [6.45, 7) is 0.107. The van der Waals surface area contributed by atoms with Crippen molar-refractivity contribution in [2.45, 2.75) is 12.7 Å². The third-order valence-corrected chi connectivity index (χ3v) is 5.26. The fourth-order valence-corrected chi connectivity index (χ4v) is 3.39. The van der Waals surface area contributed by atoms with E-state index in [0.29, 0.717) is 5.02 Å². The van der Waals surface area contributed by atoms with E-state index in [-0.39, 0.29) is 29.8 Å². The first-order chi connectivity index (χ1) is 15.0. The zero-order chi connectivity index (χ0) is 23.3. The number of carbonyl (C=O) groups excluding carboxylic acids is 2. The number of alkyl halides is 3. The largest absolute Gasteiger partial charge is 0.429 e. The Morgan fingerprint density at radius 1 is 1.12 bits per heavy atom. The third-order valence-electron chi connectivity index (χ3n) is 5.01. The molecular formula is C21H17ClF3N4O3+. The van der Waals surface area contributed by atoms with Crippen molar-refractivity contribution in [1.82, 2.24) is 19.4 Å². The summed E-state index contributed by atoms with van der Waals surface area (Å²) in [4.78, 5) is 29.3. The molecule has 2 aromatic carbocycles. The van der Waals surface area contributed by atoms with Gasteiger partial charge in [-0.25, -0.2) is 10.1 Å². The number of carbonyl (C=O) groups is 2. The highest BCUT2D eigenvalue weighted by Gasteiger charge is 2.46. The fraction of sp³-hybridized carbons (Fsp3) is 0.190. The molecule has 32 heavy (non-hydrogen) atoms. The van der Waals surface area contributed by atoms with Gasteiger partial charge in [0.15, 0.2) is 5.69 Å². The zero-order valence-electron chi connectivity index (χ0n) is 16.9. The lowest BCUT2D eigenvalue weighted by Gasteiger charge is -2.27. The van der Waals surface area contributed by atoms with Crippen molar-refractivity contribution >= 4 is 29.4 Å². The number of aromatic nitrogens is 2. The van der Waals surface area contributed by atoms with E-state index in [1.807, 2.05) is 0 Å². The Kier molecular flexibility index (Phi) is 5.22. The van der Waals surface area contributed by atoms with Gasteiger partial charge in [0.25, 0.3) is 11.7 Å². The molecule has 3 amide bonds. The van der Waals surface area contributed by atoms with Crippen molar-refractivity contribution in [1.29, 1.82) is 0 Å². The zero-order valence-corrected chi connectivity index (χ0v) is 17.7. The molecule has 0 radical (unpaired) electrons. The molecule has 166 valence electrons.